The lowest BCUT2D eigenvalue weighted by Crippen LogP contribution is -2.20. The summed E-state index contributed by atoms with van der Waals surface area (Å²) in [6.45, 7) is 0. The number of hydrogen-bond acceptors (Lipinski definition) is 6. The highest BCUT2D eigenvalue weighted by molar-refractivity contribution is 6.12. The van der Waals surface area contributed by atoms with E-state index in [1.54, 1.807) is 12.1 Å². The largest absolute Gasteiger partial charge is 0.477 e. The molecule has 4 rings (SSSR count). The van der Waals surface area contributed by atoms with E-state index in [0.29, 0.717) is 11.9 Å². The number of ether oxygens (including phenoxy) is 1. The summed E-state index contributed by atoms with van der Waals surface area (Å²) in [5.74, 6) is -4.01. The van der Waals surface area contributed by atoms with Crippen molar-refractivity contribution in [3.8, 4) is 5.75 Å². The maximum absolute atomic E-state index is 13.4. The minimum absolute atomic E-state index is 0.104. The number of aromatic carboxylic acids is 1. The van der Waals surface area contributed by atoms with Crippen LogP contribution < -0.4 is 10.1 Å². The van der Waals surface area contributed by atoms with Crippen LogP contribution in [0.4, 0.5) is 18.9 Å². The summed E-state index contributed by atoms with van der Waals surface area (Å²) in [5.41, 5.74) is -2.32. The number of benzene rings is 2. The first kappa shape index (κ1) is 23.4. The SMILES string of the molecule is O=C(Nc1cccnc1)c1ccccc1C(=O)Oc1c(C(=O)O)cnc2c(C(F)(F)F)cccc12. The highest BCUT2D eigenvalue weighted by Gasteiger charge is 2.34. The first-order chi connectivity index (χ1) is 16.7. The first-order valence-corrected chi connectivity index (χ1v) is 9.91. The highest BCUT2D eigenvalue weighted by Crippen LogP contribution is 2.38. The molecule has 4 aromatic rings. The Morgan fingerprint density at radius 2 is 1.63 bits per heavy atom. The highest BCUT2D eigenvalue weighted by atomic mass is 19.4. The Hall–Kier alpha value is -4.80. The number of pyridine rings is 2. The molecule has 0 atom stereocenters. The van der Waals surface area contributed by atoms with E-state index >= 15 is 0 Å². The van der Waals surface area contributed by atoms with Crippen molar-refractivity contribution in [2.45, 2.75) is 6.18 Å². The molecule has 0 fully saturated rings. The number of carboxylic acids is 1. The number of rotatable bonds is 5. The third kappa shape index (κ3) is 4.78. The third-order valence-corrected chi connectivity index (χ3v) is 4.89. The van der Waals surface area contributed by atoms with Crippen molar-refractivity contribution >= 4 is 34.4 Å². The molecule has 2 aromatic carbocycles. The van der Waals surface area contributed by atoms with E-state index in [1.165, 1.54) is 36.7 Å². The molecule has 176 valence electrons. The number of nitrogens with zero attached hydrogens (tertiary/aromatic N) is 2. The van der Waals surface area contributed by atoms with Gasteiger partial charge in [-0.25, -0.2) is 9.59 Å². The summed E-state index contributed by atoms with van der Waals surface area (Å²) in [7, 11) is 0. The lowest BCUT2D eigenvalue weighted by molar-refractivity contribution is -0.136. The number of aromatic nitrogens is 2. The molecule has 0 radical (unpaired) electrons. The average Bonchev–Trinajstić information content (AvgIpc) is 2.83. The van der Waals surface area contributed by atoms with Crippen LogP contribution in [-0.2, 0) is 6.18 Å². The number of amides is 1. The Bertz CT molecular complexity index is 1460. The van der Waals surface area contributed by atoms with Crippen LogP contribution in [0.25, 0.3) is 10.9 Å². The van der Waals surface area contributed by atoms with E-state index < -0.39 is 46.4 Å². The molecule has 0 saturated heterocycles. The molecule has 35 heavy (non-hydrogen) atoms. The van der Waals surface area contributed by atoms with Crippen molar-refractivity contribution in [2.24, 2.45) is 0 Å². The van der Waals surface area contributed by atoms with Crippen molar-refractivity contribution < 1.29 is 37.4 Å². The quantitative estimate of drug-likeness (QED) is 0.393. The molecule has 1 amide bonds. The number of para-hydroxylation sites is 1. The summed E-state index contributed by atoms with van der Waals surface area (Å²) in [6, 6.07) is 11.7. The van der Waals surface area contributed by atoms with E-state index in [9.17, 15) is 32.7 Å². The number of anilines is 1. The molecule has 2 aromatic heterocycles. The normalized spacial score (nSPS) is 11.2. The predicted molar refractivity (Wildman–Crippen MR) is 117 cm³/mol. The Morgan fingerprint density at radius 1 is 0.886 bits per heavy atom. The second-order valence-corrected chi connectivity index (χ2v) is 7.14. The maximum atomic E-state index is 13.4. The Balaban J connectivity index is 1.76. The van der Waals surface area contributed by atoms with Crippen LogP contribution in [-0.4, -0.2) is 32.9 Å². The fourth-order valence-corrected chi connectivity index (χ4v) is 3.33. The van der Waals surface area contributed by atoms with Crippen molar-refractivity contribution in [2.75, 3.05) is 5.32 Å². The molecule has 0 aliphatic rings. The zero-order valence-electron chi connectivity index (χ0n) is 17.5. The fraction of sp³-hybridized carbons (Fsp3) is 0.0417. The Labute approximate surface area is 195 Å². The van der Waals surface area contributed by atoms with Gasteiger partial charge in [-0.3, -0.25) is 14.8 Å². The van der Waals surface area contributed by atoms with Gasteiger partial charge in [0.2, 0.25) is 0 Å². The van der Waals surface area contributed by atoms with Gasteiger partial charge in [0.05, 0.1) is 34.1 Å². The van der Waals surface area contributed by atoms with Gasteiger partial charge in [-0.05, 0) is 36.4 Å². The number of esters is 1. The molecule has 11 heteroatoms. The molecular weight excluding hydrogens is 467 g/mol. The van der Waals surface area contributed by atoms with Gasteiger partial charge in [0.15, 0.2) is 5.75 Å². The zero-order chi connectivity index (χ0) is 25.2. The summed E-state index contributed by atoms with van der Waals surface area (Å²) in [6.07, 6.45) is -1.21. The predicted octanol–water partition coefficient (Wildman–Crippen LogP) is 4.82. The zero-order valence-corrected chi connectivity index (χ0v) is 17.5. The smallest absolute Gasteiger partial charge is 0.418 e. The van der Waals surface area contributed by atoms with E-state index in [2.05, 4.69) is 15.3 Å². The van der Waals surface area contributed by atoms with Gasteiger partial charge >= 0.3 is 18.1 Å². The summed E-state index contributed by atoms with van der Waals surface area (Å²) in [5, 5.41) is 11.8. The van der Waals surface area contributed by atoms with Crippen molar-refractivity contribution in [1.82, 2.24) is 9.97 Å². The van der Waals surface area contributed by atoms with Crippen LogP contribution in [0, 0.1) is 0 Å². The van der Waals surface area contributed by atoms with Gasteiger partial charge in [-0.1, -0.05) is 18.2 Å². The molecule has 0 aliphatic carbocycles. The minimum atomic E-state index is -4.78. The minimum Gasteiger partial charge on any atom is -0.477 e. The third-order valence-electron chi connectivity index (χ3n) is 4.89. The lowest BCUT2D eigenvalue weighted by atomic mass is 10.1. The Kier molecular flexibility index (Phi) is 6.15. The van der Waals surface area contributed by atoms with Crippen LogP contribution >= 0.6 is 0 Å². The topological polar surface area (TPSA) is 118 Å². The summed E-state index contributed by atoms with van der Waals surface area (Å²) >= 11 is 0. The van der Waals surface area contributed by atoms with Crippen molar-refractivity contribution in [3.05, 3.63) is 95.4 Å². The summed E-state index contributed by atoms with van der Waals surface area (Å²) in [4.78, 5) is 45.0. The number of carbonyl (C=O) groups excluding carboxylic acids is 2. The standard InChI is InChI=1S/C24H14F3N3O5/c25-24(26,27)18-9-3-8-16-19(18)29-12-17(22(32)33)20(16)35-23(34)15-7-2-1-6-14(15)21(31)30-13-5-4-10-28-11-13/h1-12H,(H,30,31)(H,32,33). The first-order valence-electron chi connectivity index (χ1n) is 9.91. The fourth-order valence-electron chi connectivity index (χ4n) is 3.33. The van der Waals surface area contributed by atoms with Gasteiger partial charge < -0.3 is 15.2 Å². The van der Waals surface area contributed by atoms with E-state index in [1.807, 2.05) is 0 Å². The van der Waals surface area contributed by atoms with E-state index in [4.69, 9.17) is 4.74 Å². The second kappa shape index (κ2) is 9.21. The van der Waals surface area contributed by atoms with Gasteiger partial charge in [-0.2, -0.15) is 13.2 Å². The maximum Gasteiger partial charge on any atom is 0.418 e. The van der Waals surface area contributed by atoms with Gasteiger partial charge in [0.25, 0.3) is 5.91 Å². The van der Waals surface area contributed by atoms with Crippen LogP contribution in [0.3, 0.4) is 0 Å². The number of carbonyl (C=O) groups is 3. The van der Waals surface area contributed by atoms with Crippen molar-refractivity contribution in [1.29, 1.82) is 0 Å². The van der Waals surface area contributed by atoms with Crippen LogP contribution in [0.15, 0.2) is 73.2 Å². The monoisotopic (exact) mass is 481 g/mol. The van der Waals surface area contributed by atoms with Crippen LogP contribution in [0.2, 0.25) is 0 Å². The average molecular weight is 481 g/mol. The number of hydrogen-bond donors (Lipinski definition) is 2. The molecule has 2 heterocycles. The van der Waals surface area contributed by atoms with Gasteiger partial charge in [-0.15, -0.1) is 0 Å². The molecule has 8 nitrogen and oxygen atoms in total. The number of nitrogens with one attached hydrogen (secondary N) is 1. The number of carboxylic acid groups (broad SMARTS) is 1. The molecule has 0 unspecified atom stereocenters. The number of alkyl halides is 3. The molecule has 0 saturated carbocycles. The van der Waals surface area contributed by atoms with Crippen LogP contribution in [0.5, 0.6) is 5.75 Å². The lowest BCUT2D eigenvalue weighted by Gasteiger charge is -2.15. The summed E-state index contributed by atoms with van der Waals surface area (Å²) < 4.78 is 45.6. The Morgan fingerprint density at radius 3 is 2.29 bits per heavy atom. The van der Waals surface area contributed by atoms with Gasteiger partial charge in [0.1, 0.15) is 5.56 Å². The van der Waals surface area contributed by atoms with E-state index in [0.717, 1.165) is 18.2 Å². The van der Waals surface area contributed by atoms with E-state index in [-0.39, 0.29) is 16.5 Å². The van der Waals surface area contributed by atoms with Gasteiger partial charge in [0, 0.05) is 17.8 Å². The number of halogens is 3. The molecule has 2 N–H and O–H groups in total. The van der Waals surface area contributed by atoms with Crippen LogP contribution in [0.1, 0.15) is 36.6 Å². The molecule has 0 bridgehead atoms. The van der Waals surface area contributed by atoms with Crippen molar-refractivity contribution in [3.63, 3.8) is 0 Å². The molecule has 0 aliphatic heterocycles. The number of fused-ring (bicyclic) bond motifs is 1. The molecule has 0 spiro atoms. The second-order valence-electron chi connectivity index (χ2n) is 7.14. The molecular formula is C24H14F3N3O5.